The van der Waals surface area contributed by atoms with Gasteiger partial charge in [0, 0.05) is 11.4 Å². The predicted octanol–water partition coefficient (Wildman–Crippen LogP) is 3.60. The van der Waals surface area contributed by atoms with Crippen molar-refractivity contribution in [2.75, 3.05) is 31.8 Å². The monoisotopic (exact) mass is 390 g/mol. The molecule has 2 rings (SSSR count). The van der Waals surface area contributed by atoms with Crippen molar-refractivity contribution in [1.29, 1.82) is 0 Å². The number of rotatable bonds is 6. The van der Waals surface area contributed by atoms with E-state index in [0.717, 1.165) is 21.8 Å². The minimum absolute atomic E-state index is 0.315. The summed E-state index contributed by atoms with van der Waals surface area (Å²) in [5.74, 6) is 0.0406. The number of hydrogen-bond donors (Lipinski definition) is 2. The number of thiophene rings is 2. The summed E-state index contributed by atoms with van der Waals surface area (Å²) < 4.78 is 11.1. The molecule has 0 saturated heterocycles. The maximum absolute atomic E-state index is 11.6. The van der Waals surface area contributed by atoms with Gasteiger partial charge < -0.3 is 20.5 Å². The Bertz CT molecular complexity index is 639. The molecule has 0 atom stereocenters. The summed E-state index contributed by atoms with van der Waals surface area (Å²) in [4.78, 5) is 13.3. The molecule has 8 heteroatoms. The number of halogens is 1. The Kier molecular flexibility index (Phi) is 5.49. The molecule has 0 aromatic carbocycles. The van der Waals surface area contributed by atoms with E-state index in [4.69, 9.17) is 15.2 Å². The lowest BCUT2D eigenvalue weighted by Gasteiger charge is -2.06. The SMILES string of the molecule is COC(=O)c1sc(NCCc2ccc(Br)s2)c(OC)c1N. The molecule has 0 aliphatic rings. The number of methoxy groups -OCH3 is 2. The Morgan fingerprint density at radius 1 is 1.38 bits per heavy atom. The topological polar surface area (TPSA) is 73.6 Å². The third-order valence-corrected chi connectivity index (χ3v) is 5.57. The van der Waals surface area contributed by atoms with E-state index in [2.05, 4.69) is 27.3 Å². The molecule has 3 N–H and O–H groups in total. The van der Waals surface area contributed by atoms with Gasteiger partial charge in [-0.1, -0.05) is 0 Å². The Labute approximate surface area is 139 Å². The molecule has 2 aromatic rings. The zero-order valence-electron chi connectivity index (χ0n) is 11.6. The van der Waals surface area contributed by atoms with Crippen LogP contribution in [-0.2, 0) is 11.2 Å². The Hall–Kier alpha value is -1.25. The molecule has 5 nitrogen and oxygen atoms in total. The maximum atomic E-state index is 11.6. The van der Waals surface area contributed by atoms with Crippen LogP contribution in [0, 0.1) is 0 Å². The van der Waals surface area contributed by atoms with Gasteiger partial charge in [0.1, 0.15) is 15.6 Å². The van der Waals surface area contributed by atoms with Gasteiger partial charge >= 0.3 is 5.97 Å². The third-order valence-electron chi connectivity index (χ3n) is 2.76. The van der Waals surface area contributed by atoms with Gasteiger partial charge in [-0.25, -0.2) is 4.79 Å². The van der Waals surface area contributed by atoms with Crippen LogP contribution < -0.4 is 15.8 Å². The molecule has 114 valence electrons. The van der Waals surface area contributed by atoms with Crippen molar-refractivity contribution < 1.29 is 14.3 Å². The number of nitrogens with two attached hydrogens (primary N) is 1. The molecule has 0 aliphatic carbocycles. The number of carbonyl (C=O) groups is 1. The van der Waals surface area contributed by atoms with Crippen molar-refractivity contribution in [2.24, 2.45) is 0 Å². The molecule has 0 aliphatic heterocycles. The van der Waals surface area contributed by atoms with Crippen molar-refractivity contribution in [3.63, 3.8) is 0 Å². The molecule has 2 heterocycles. The molecule has 0 saturated carbocycles. The van der Waals surface area contributed by atoms with Crippen LogP contribution >= 0.6 is 38.6 Å². The van der Waals surface area contributed by atoms with Gasteiger partial charge in [0.15, 0.2) is 5.75 Å². The second kappa shape index (κ2) is 7.15. The maximum Gasteiger partial charge on any atom is 0.350 e. The van der Waals surface area contributed by atoms with Crippen LogP contribution in [0.1, 0.15) is 14.5 Å². The minimum Gasteiger partial charge on any atom is -0.492 e. The summed E-state index contributed by atoms with van der Waals surface area (Å²) >= 11 is 6.38. The van der Waals surface area contributed by atoms with E-state index >= 15 is 0 Å². The first-order valence-corrected chi connectivity index (χ1v) is 8.52. The molecule has 2 aromatic heterocycles. The summed E-state index contributed by atoms with van der Waals surface area (Å²) in [6.45, 7) is 0.726. The van der Waals surface area contributed by atoms with E-state index in [-0.39, 0.29) is 0 Å². The summed E-state index contributed by atoms with van der Waals surface area (Å²) in [7, 11) is 2.86. The lowest BCUT2D eigenvalue weighted by Crippen LogP contribution is -2.04. The summed E-state index contributed by atoms with van der Waals surface area (Å²) in [6.07, 6.45) is 0.880. The normalized spacial score (nSPS) is 10.4. The summed E-state index contributed by atoms with van der Waals surface area (Å²) in [6, 6.07) is 4.11. The lowest BCUT2D eigenvalue weighted by atomic mass is 10.3. The van der Waals surface area contributed by atoms with Crippen LogP contribution in [0.15, 0.2) is 15.9 Å². The van der Waals surface area contributed by atoms with Gasteiger partial charge in [0.25, 0.3) is 0 Å². The summed E-state index contributed by atoms with van der Waals surface area (Å²) in [5, 5.41) is 4.00. The average Bonchev–Trinajstić information content (AvgIpc) is 3.02. The lowest BCUT2D eigenvalue weighted by molar-refractivity contribution is 0.0607. The number of nitrogens with one attached hydrogen (secondary N) is 1. The zero-order valence-corrected chi connectivity index (χ0v) is 14.8. The molecular formula is C13H15BrN2O3S2. The molecule has 0 unspecified atom stereocenters. The van der Waals surface area contributed by atoms with Crippen molar-refractivity contribution in [1.82, 2.24) is 0 Å². The van der Waals surface area contributed by atoms with Gasteiger partial charge in [-0.05, 0) is 34.5 Å². The van der Waals surface area contributed by atoms with Crippen molar-refractivity contribution in [3.05, 3.63) is 25.7 Å². The molecule has 0 amide bonds. The fourth-order valence-corrected chi connectivity index (χ4v) is 4.29. The number of nitrogen functional groups attached to an aromatic ring is 1. The first-order valence-electron chi connectivity index (χ1n) is 6.09. The number of esters is 1. The van der Waals surface area contributed by atoms with E-state index in [1.165, 1.54) is 30.4 Å². The van der Waals surface area contributed by atoms with Crippen LogP contribution in [0.5, 0.6) is 5.75 Å². The van der Waals surface area contributed by atoms with Gasteiger partial charge in [-0.15, -0.1) is 22.7 Å². The van der Waals surface area contributed by atoms with E-state index in [9.17, 15) is 4.79 Å². The highest BCUT2D eigenvalue weighted by atomic mass is 79.9. The number of carbonyl (C=O) groups excluding carboxylic acids is 1. The van der Waals surface area contributed by atoms with Gasteiger partial charge in [0.2, 0.25) is 0 Å². The van der Waals surface area contributed by atoms with E-state index in [0.29, 0.717) is 16.3 Å². The van der Waals surface area contributed by atoms with Gasteiger partial charge in [-0.3, -0.25) is 0 Å². The van der Waals surface area contributed by atoms with Crippen molar-refractivity contribution in [2.45, 2.75) is 6.42 Å². The van der Waals surface area contributed by atoms with E-state index in [1.807, 2.05) is 6.07 Å². The second-order valence-corrected chi connectivity index (χ2v) is 7.65. The smallest absolute Gasteiger partial charge is 0.350 e. The molecule has 0 bridgehead atoms. The molecule has 0 radical (unpaired) electrons. The fourth-order valence-electron chi connectivity index (χ4n) is 1.78. The quantitative estimate of drug-likeness (QED) is 0.736. The van der Waals surface area contributed by atoms with Crippen LogP contribution in [0.25, 0.3) is 0 Å². The standard InChI is InChI=1S/C13H15BrN2O3S2/c1-18-10-9(15)11(13(17)19-2)21-12(10)16-6-5-7-3-4-8(14)20-7/h3-4,16H,5-6,15H2,1-2H3. The average molecular weight is 391 g/mol. The Morgan fingerprint density at radius 3 is 2.71 bits per heavy atom. The van der Waals surface area contributed by atoms with Crippen molar-refractivity contribution >= 4 is 55.3 Å². The molecule has 0 spiro atoms. The van der Waals surface area contributed by atoms with Crippen molar-refractivity contribution in [3.8, 4) is 5.75 Å². The largest absolute Gasteiger partial charge is 0.492 e. The highest BCUT2D eigenvalue weighted by molar-refractivity contribution is 9.11. The predicted molar refractivity (Wildman–Crippen MR) is 90.8 cm³/mol. The van der Waals surface area contributed by atoms with Crippen LogP contribution in [-0.4, -0.2) is 26.7 Å². The highest BCUT2D eigenvalue weighted by Gasteiger charge is 2.22. The highest BCUT2D eigenvalue weighted by Crippen LogP contribution is 2.42. The van der Waals surface area contributed by atoms with Crippen LogP contribution in [0.3, 0.4) is 0 Å². The van der Waals surface area contributed by atoms with E-state index < -0.39 is 5.97 Å². The number of hydrogen-bond acceptors (Lipinski definition) is 7. The third kappa shape index (κ3) is 3.69. The molecular weight excluding hydrogens is 376 g/mol. The Morgan fingerprint density at radius 2 is 2.14 bits per heavy atom. The number of ether oxygens (including phenoxy) is 2. The fraction of sp³-hybridized carbons (Fsp3) is 0.308. The van der Waals surface area contributed by atoms with Gasteiger partial charge in [-0.2, -0.15) is 0 Å². The van der Waals surface area contributed by atoms with Crippen LogP contribution in [0.4, 0.5) is 10.7 Å². The van der Waals surface area contributed by atoms with Gasteiger partial charge in [0.05, 0.1) is 18.0 Å². The summed E-state index contributed by atoms with van der Waals surface area (Å²) in [5.41, 5.74) is 6.23. The molecule has 21 heavy (non-hydrogen) atoms. The first kappa shape index (κ1) is 16.1. The molecule has 0 fully saturated rings. The number of anilines is 2. The second-order valence-electron chi connectivity index (χ2n) is 4.08. The minimum atomic E-state index is -0.453. The first-order chi connectivity index (χ1) is 10.1. The van der Waals surface area contributed by atoms with E-state index in [1.54, 1.807) is 11.3 Å². The van der Waals surface area contributed by atoms with Crippen LogP contribution in [0.2, 0.25) is 0 Å². The zero-order chi connectivity index (χ0) is 15.4. The Balaban J connectivity index is 2.07.